The van der Waals surface area contributed by atoms with Crippen molar-refractivity contribution in [2.24, 2.45) is 0 Å². The van der Waals surface area contributed by atoms with Crippen molar-refractivity contribution in [3.05, 3.63) is 35.1 Å². The topological polar surface area (TPSA) is 46.5 Å². The lowest BCUT2D eigenvalue weighted by Gasteiger charge is -2.10. The summed E-state index contributed by atoms with van der Waals surface area (Å²) in [6.07, 6.45) is -2.10. The number of esters is 1. The van der Waals surface area contributed by atoms with E-state index in [-0.39, 0.29) is 0 Å². The van der Waals surface area contributed by atoms with E-state index >= 15 is 0 Å². The second-order valence-electron chi connectivity index (χ2n) is 3.08. The van der Waals surface area contributed by atoms with Gasteiger partial charge in [0.25, 0.3) is 0 Å². The van der Waals surface area contributed by atoms with E-state index in [0.717, 1.165) is 7.11 Å². The van der Waals surface area contributed by atoms with Gasteiger partial charge in [-0.15, -0.1) is 0 Å². The molecule has 0 bridgehead atoms. The summed E-state index contributed by atoms with van der Waals surface area (Å²) in [5.74, 6) is -4.54. The van der Waals surface area contributed by atoms with E-state index in [0.29, 0.717) is 12.1 Å². The number of aliphatic hydroxyl groups is 1. The van der Waals surface area contributed by atoms with Crippen LogP contribution in [0, 0.1) is 17.5 Å². The molecule has 0 radical (unpaired) electrons. The minimum Gasteiger partial charge on any atom is -0.469 e. The first-order valence-electron chi connectivity index (χ1n) is 4.35. The fourth-order valence-electron chi connectivity index (χ4n) is 1.14. The lowest BCUT2D eigenvalue weighted by molar-refractivity contribution is -0.142. The third kappa shape index (κ3) is 2.73. The van der Waals surface area contributed by atoms with Gasteiger partial charge in [0.05, 0.1) is 19.6 Å². The van der Waals surface area contributed by atoms with Crippen LogP contribution >= 0.6 is 0 Å². The number of rotatable bonds is 3. The number of halogens is 3. The number of benzene rings is 1. The molecule has 0 saturated heterocycles. The largest absolute Gasteiger partial charge is 0.469 e. The molecule has 6 heteroatoms. The number of carbonyl (C=O) groups excluding carboxylic acids is 1. The Balaban J connectivity index is 2.95. The SMILES string of the molecule is COC(=O)C[C@@H](O)c1cc(F)c(F)cc1F. The van der Waals surface area contributed by atoms with E-state index < -0.39 is 41.5 Å². The Morgan fingerprint density at radius 2 is 1.88 bits per heavy atom. The quantitative estimate of drug-likeness (QED) is 0.639. The monoisotopic (exact) mass is 234 g/mol. The zero-order chi connectivity index (χ0) is 12.3. The first-order chi connectivity index (χ1) is 7.45. The maximum atomic E-state index is 13.1. The van der Waals surface area contributed by atoms with Crippen LogP contribution in [-0.4, -0.2) is 18.2 Å². The average molecular weight is 234 g/mol. The molecule has 3 nitrogen and oxygen atoms in total. The second-order valence-corrected chi connectivity index (χ2v) is 3.08. The first kappa shape index (κ1) is 12.5. The average Bonchev–Trinajstić information content (AvgIpc) is 2.23. The van der Waals surface area contributed by atoms with E-state index in [2.05, 4.69) is 4.74 Å². The van der Waals surface area contributed by atoms with Gasteiger partial charge in [-0.05, 0) is 6.07 Å². The zero-order valence-corrected chi connectivity index (χ0v) is 8.34. The summed E-state index contributed by atoms with van der Waals surface area (Å²) in [6.45, 7) is 0. The maximum absolute atomic E-state index is 13.1. The zero-order valence-electron chi connectivity index (χ0n) is 8.34. The maximum Gasteiger partial charge on any atom is 0.308 e. The van der Waals surface area contributed by atoms with Crippen molar-refractivity contribution in [1.82, 2.24) is 0 Å². The predicted molar refractivity (Wildman–Crippen MR) is 47.9 cm³/mol. The molecular formula is C10H9F3O3. The van der Waals surface area contributed by atoms with Crippen molar-refractivity contribution in [3.63, 3.8) is 0 Å². The van der Waals surface area contributed by atoms with E-state index in [1.54, 1.807) is 0 Å². The standard InChI is InChI=1S/C10H9F3O3/c1-16-10(15)4-9(14)5-2-7(12)8(13)3-6(5)11/h2-3,9,14H,4H2,1H3/t9-/m1/s1. The third-order valence-electron chi connectivity index (χ3n) is 1.99. The van der Waals surface area contributed by atoms with Gasteiger partial charge in [0.15, 0.2) is 11.6 Å². The first-order valence-corrected chi connectivity index (χ1v) is 4.35. The summed E-state index contributed by atoms with van der Waals surface area (Å²) in [5, 5.41) is 9.39. The van der Waals surface area contributed by atoms with Gasteiger partial charge in [-0.3, -0.25) is 4.79 Å². The van der Waals surface area contributed by atoms with Crippen molar-refractivity contribution in [2.75, 3.05) is 7.11 Å². The van der Waals surface area contributed by atoms with E-state index in [1.807, 2.05) is 0 Å². The fourth-order valence-corrected chi connectivity index (χ4v) is 1.14. The molecule has 1 rings (SSSR count). The molecule has 0 unspecified atom stereocenters. The fraction of sp³-hybridized carbons (Fsp3) is 0.300. The molecule has 0 aliphatic rings. The van der Waals surface area contributed by atoms with Crippen LogP contribution in [0.15, 0.2) is 12.1 Å². The summed E-state index contributed by atoms with van der Waals surface area (Å²) in [6, 6.07) is 0.823. The van der Waals surface area contributed by atoms with Crippen LogP contribution in [-0.2, 0) is 9.53 Å². The van der Waals surface area contributed by atoms with Gasteiger partial charge in [0.1, 0.15) is 5.82 Å². The number of hydrogen-bond donors (Lipinski definition) is 1. The number of ether oxygens (including phenoxy) is 1. The van der Waals surface area contributed by atoms with Crippen LogP contribution in [0.5, 0.6) is 0 Å². The predicted octanol–water partition coefficient (Wildman–Crippen LogP) is 1.70. The summed E-state index contributed by atoms with van der Waals surface area (Å²) >= 11 is 0. The summed E-state index contributed by atoms with van der Waals surface area (Å²) in [4.78, 5) is 10.8. The molecule has 16 heavy (non-hydrogen) atoms. The molecular weight excluding hydrogens is 225 g/mol. The molecule has 1 aromatic carbocycles. The molecule has 0 aliphatic heterocycles. The van der Waals surface area contributed by atoms with Crippen molar-refractivity contribution in [2.45, 2.75) is 12.5 Å². The molecule has 1 N–H and O–H groups in total. The minimum atomic E-state index is -1.57. The molecule has 0 aromatic heterocycles. The van der Waals surface area contributed by atoms with E-state index in [9.17, 15) is 23.1 Å². The molecule has 1 atom stereocenters. The summed E-state index contributed by atoms with van der Waals surface area (Å²) < 4.78 is 42.7. The summed E-state index contributed by atoms with van der Waals surface area (Å²) in [5.41, 5.74) is -0.482. The van der Waals surface area contributed by atoms with Crippen LogP contribution in [0.25, 0.3) is 0 Å². The Hall–Kier alpha value is -1.56. The smallest absolute Gasteiger partial charge is 0.308 e. The number of aliphatic hydroxyl groups excluding tert-OH is 1. The van der Waals surface area contributed by atoms with Crippen molar-refractivity contribution < 1.29 is 27.8 Å². The van der Waals surface area contributed by atoms with Crippen LogP contribution in [0.1, 0.15) is 18.1 Å². The van der Waals surface area contributed by atoms with Gasteiger partial charge >= 0.3 is 5.97 Å². The highest BCUT2D eigenvalue weighted by Crippen LogP contribution is 2.22. The molecule has 0 saturated carbocycles. The van der Waals surface area contributed by atoms with Gasteiger partial charge in [-0.2, -0.15) is 0 Å². The molecule has 0 spiro atoms. The van der Waals surface area contributed by atoms with Crippen LogP contribution in [0.4, 0.5) is 13.2 Å². The van der Waals surface area contributed by atoms with Gasteiger partial charge in [0, 0.05) is 11.6 Å². The third-order valence-corrected chi connectivity index (χ3v) is 1.99. The van der Waals surface area contributed by atoms with Crippen molar-refractivity contribution >= 4 is 5.97 Å². The highest BCUT2D eigenvalue weighted by Gasteiger charge is 2.19. The van der Waals surface area contributed by atoms with Crippen LogP contribution < -0.4 is 0 Å². The molecule has 88 valence electrons. The number of methoxy groups -OCH3 is 1. The molecule has 0 fully saturated rings. The van der Waals surface area contributed by atoms with Gasteiger partial charge in [-0.25, -0.2) is 13.2 Å². The van der Waals surface area contributed by atoms with Crippen molar-refractivity contribution in [3.8, 4) is 0 Å². The molecule has 0 amide bonds. The van der Waals surface area contributed by atoms with Crippen LogP contribution in [0.3, 0.4) is 0 Å². The van der Waals surface area contributed by atoms with Gasteiger partial charge < -0.3 is 9.84 Å². The van der Waals surface area contributed by atoms with E-state index in [1.165, 1.54) is 0 Å². The normalized spacial score (nSPS) is 12.3. The summed E-state index contributed by atoms with van der Waals surface area (Å²) in [7, 11) is 1.09. The second kappa shape index (κ2) is 4.98. The highest BCUT2D eigenvalue weighted by molar-refractivity contribution is 5.70. The Bertz CT molecular complexity index is 407. The molecule has 0 heterocycles. The lowest BCUT2D eigenvalue weighted by atomic mass is 10.1. The Morgan fingerprint density at radius 3 is 2.44 bits per heavy atom. The van der Waals surface area contributed by atoms with E-state index in [4.69, 9.17) is 0 Å². The molecule has 1 aromatic rings. The molecule has 0 aliphatic carbocycles. The Labute approximate surface area is 89.5 Å². The minimum absolute atomic E-state index is 0.311. The van der Waals surface area contributed by atoms with Crippen molar-refractivity contribution in [1.29, 1.82) is 0 Å². The number of hydrogen-bond acceptors (Lipinski definition) is 3. The van der Waals surface area contributed by atoms with Gasteiger partial charge in [0.2, 0.25) is 0 Å². The Kier molecular flexibility index (Phi) is 3.89. The lowest BCUT2D eigenvalue weighted by Crippen LogP contribution is -2.10. The highest BCUT2D eigenvalue weighted by atomic mass is 19.2. The Morgan fingerprint density at radius 1 is 1.31 bits per heavy atom. The van der Waals surface area contributed by atoms with Gasteiger partial charge in [-0.1, -0.05) is 0 Å². The number of carbonyl (C=O) groups is 1. The van der Waals surface area contributed by atoms with Crippen LogP contribution in [0.2, 0.25) is 0 Å².